The summed E-state index contributed by atoms with van der Waals surface area (Å²) in [6.07, 6.45) is 2.19. The van der Waals surface area contributed by atoms with E-state index in [9.17, 15) is 0 Å². The molecule has 1 rings (SSSR count). The Morgan fingerprint density at radius 2 is 2.64 bits per heavy atom. The van der Waals surface area contributed by atoms with E-state index in [1.807, 2.05) is 6.92 Å². The SMILES string of the molecule is Cc1cnc(C/C(N)=N\O)s1. The summed E-state index contributed by atoms with van der Waals surface area (Å²) in [4.78, 5) is 5.18. The van der Waals surface area contributed by atoms with E-state index in [0.29, 0.717) is 6.42 Å². The van der Waals surface area contributed by atoms with Gasteiger partial charge in [-0.2, -0.15) is 0 Å². The highest BCUT2D eigenvalue weighted by Gasteiger charge is 2.00. The number of oxime groups is 1. The van der Waals surface area contributed by atoms with Gasteiger partial charge in [0.25, 0.3) is 0 Å². The summed E-state index contributed by atoms with van der Waals surface area (Å²) < 4.78 is 0. The van der Waals surface area contributed by atoms with Crippen LogP contribution in [-0.2, 0) is 6.42 Å². The van der Waals surface area contributed by atoms with Crippen LogP contribution in [0.2, 0.25) is 0 Å². The van der Waals surface area contributed by atoms with Crippen LogP contribution < -0.4 is 5.73 Å². The van der Waals surface area contributed by atoms with Gasteiger partial charge in [-0.3, -0.25) is 0 Å². The topological polar surface area (TPSA) is 71.5 Å². The molecular formula is C6H9N3OS. The first kappa shape index (κ1) is 8.00. The molecule has 0 atom stereocenters. The van der Waals surface area contributed by atoms with E-state index in [4.69, 9.17) is 10.9 Å². The van der Waals surface area contributed by atoms with E-state index in [0.717, 1.165) is 9.88 Å². The van der Waals surface area contributed by atoms with Crippen molar-refractivity contribution in [2.75, 3.05) is 0 Å². The molecule has 0 radical (unpaired) electrons. The molecule has 3 N–H and O–H groups in total. The molecule has 0 unspecified atom stereocenters. The molecule has 0 bridgehead atoms. The number of aromatic nitrogens is 1. The highest BCUT2D eigenvalue weighted by molar-refractivity contribution is 7.11. The average molecular weight is 171 g/mol. The van der Waals surface area contributed by atoms with Crippen LogP contribution in [-0.4, -0.2) is 16.0 Å². The zero-order chi connectivity index (χ0) is 8.27. The number of nitrogens with zero attached hydrogens (tertiary/aromatic N) is 2. The van der Waals surface area contributed by atoms with Crippen molar-refractivity contribution in [3.63, 3.8) is 0 Å². The minimum atomic E-state index is 0.194. The molecule has 4 nitrogen and oxygen atoms in total. The molecule has 1 heterocycles. The van der Waals surface area contributed by atoms with E-state index < -0.39 is 0 Å². The highest BCUT2D eigenvalue weighted by Crippen LogP contribution is 2.11. The van der Waals surface area contributed by atoms with Gasteiger partial charge in [0.2, 0.25) is 0 Å². The third-order valence-corrected chi connectivity index (χ3v) is 2.04. The van der Waals surface area contributed by atoms with Crippen molar-refractivity contribution in [3.8, 4) is 0 Å². The maximum absolute atomic E-state index is 8.24. The zero-order valence-electron chi connectivity index (χ0n) is 6.11. The van der Waals surface area contributed by atoms with Gasteiger partial charge < -0.3 is 10.9 Å². The first-order valence-corrected chi connectivity index (χ1v) is 3.91. The molecule has 11 heavy (non-hydrogen) atoms. The Balaban J connectivity index is 2.65. The summed E-state index contributed by atoms with van der Waals surface area (Å²) in [5, 5.41) is 12.0. The van der Waals surface area contributed by atoms with Gasteiger partial charge in [-0.05, 0) is 6.92 Å². The van der Waals surface area contributed by atoms with Crippen molar-refractivity contribution in [1.29, 1.82) is 0 Å². The molecule has 60 valence electrons. The molecule has 0 spiro atoms. The maximum Gasteiger partial charge on any atom is 0.146 e. The lowest BCUT2D eigenvalue weighted by molar-refractivity contribution is 0.317. The quantitative estimate of drug-likeness (QED) is 0.298. The zero-order valence-corrected chi connectivity index (χ0v) is 6.93. The van der Waals surface area contributed by atoms with Gasteiger partial charge in [-0.1, -0.05) is 5.16 Å². The van der Waals surface area contributed by atoms with Crippen molar-refractivity contribution in [1.82, 2.24) is 4.98 Å². The monoisotopic (exact) mass is 171 g/mol. The number of aryl methyl sites for hydroxylation is 1. The Hall–Kier alpha value is -1.10. The summed E-state index contributed by atoms with van der Waals surface area (Å²) in [6, 6.07) is 0. The van der Waals surface area contributed by atoms with Gasteiger partial charge in [0.1, 0.15) is 10.8 Å². The van der Waals surface area contributed by atoms with Crippen LogP contribution in [0.1, 0.15) is 9.88 Å². The molecule has 0 fully saturated rings. The fourth-order valence-electron chi connectivity index (χ4n) is 0.673. The molecule has 0 aromatic carbocycles. The number of nitrogens with two attached hydrogens (primary N) is 1. The van der Waals surface area contributed by atoms with Crippen molar-refractivity contribution < 1.29 is 5.21 Å². The molecule has 0 aliphatic rings. The largest absolute Gasteiger partial charge is 0.409 e. The van der Waals surface area contributed by atoms with Crippen LogP contribution in [0, 0.1) is 6.92 Å². The van der Waals surface area contributed by atoms with Crippen molar-refractivity contribution in [3.05, 3.63) is 16.1 Å². The lowest BCUT2D eigenvalue weighted by Gasteiger charge is -1.90. The highest BCUT2D eigenvalue weighted by atomic mass is 32.1. The first-order chi connectivity index (χ1) is 5.22. The lowest BCUT2D eigenvalue weighted by atomic mass is 10.4. The number of hydrogen-bond donors (Lipinski definition) is 2. The molecular weight excluding hydrogens is 162 g/mol. The minimum Gasteiger partial charge on any atom is -0.409 e. The normalized spacial score (nSPS) is 11.9. The number of hydrogen-bond acceptors (Lipinski definition) is 4. The van der Waals surface area contributed by atoms with Crippen LogP contribution in [0.5, 0.6) is 0 Å². The summed E-state index contributed by atoms with van der Waals surface area (Å²) >= 11 is 1.55. The molecule has 5 heteroatoms. The number of amidine groups is 1. The molecule has 0 aliphatic heterocycles. The fourth-order valence-corrected chi connectivity index (χ4v) is 1.48. The molecule has 1 aromatic heterocycles. The first-order valence-electron chi connectivity index (χ1n) is 3.10. The van der Waals surface area contributed by atoms with Crippen LogP contribution in [0.3, 0.4) is 0 Å². The van der Waals surface area contributed by atoms with Crippen LogP contribution in [0.4, 0.5) is 0 Å². The summed E-state index contributed by atoms with van der Waals surface area (Å²) in [7, 11) is 0. The second-order valence-corrected chi connectivity index (χ2v) is 3.45. The Labute approximate surface area is 68.4 Å². The molecule has 0 saturated carbocycles. The Bertz CT molecular complexity index is 269. The van der Waals surface area contributed by atoms with Gasteiger partial charge in [-0.25, -0.2) is 4.98 Å². The standard InChI is InChI=1S/C6H9N3OS/c1-4-3-8-6(11-4)2-5(7)9-10/h3,10H,2H2,1H3,(H2,7,9). The van der Waals surface area contributed by atoms with E-state index in [1.54, 1.807) is 17.5 Å². The average Bonchev–Trinajstić information content (AvgIpc) is 2.35. The molecule has 0 amide bonds. The van der Waals surface area contributed by atoms with E-state index in [2.05, 4.69) is 10.1 Å². The second-order valence-electron chi connectivity index (χ2n) is 2.13. The predicted octanol–water partition coefficient (Wildman–Crippen LogP) is 0.740. The van der Waals surface area contributed by atoms with Crippen LogP contribution in [0.25, 0.3) is 0 Å². The van der Waals surface area contributed by atoms with Crippen LogP contribution in [0.15, 0.2) is 11.4 Å². The maximum atomic E-state index is 8.24. The summed E-state index contributed by atoms with van der Waals surface area (Å²) in [5.41, 5.74) is 5.28. The van der Waals surface area contributed by atoms with Crippen molar-refractivity contribution in [2.24, 2.45) is 10.9 Å². The minimum absolute atomic E-state index is 0.194. The Kier molecular flexibility index (Phi) is 2.43. The summed E-state index contributed by atoms with van der Waals surface area (Å²) in [6.45, 7) is 1.97. The van der Waals surface area contributed by atoms with Crippen LogP contribution >= 0.6 is 11.3 Å². The van der Waals surface area contributed by atoms with E-state index >= 15 is 0 Å². The molecule has 0 saturated heterocycles. The molecule has 0 aliphatic carbocycles. The third kappa shape index (κ3) is 2.19. The Morgan fingerprint density at radius 3 is 3.09 bits per heavy atom. The van der Waals surface area contributed by atoms with Gasteiger partial charge >= 0.3 is 0 Å². The lowest BCUT2D eigenvalue weighted by Crippen LogP contribution is -2.14. The van der Waals surface area contributed by atoms with Gasteiger partial charge in [0.05, 0.1) is 6.42 Å². The Morgan fingerprint density at radius 1 is 1.91 bits per heavy atom. The van der Waals surface area contributed by atoms with Gasteiger partial charge in [-0.15, -0.1) is 11.3 Å². The number of thiazole rings is 1. The van der Waals surface area contributed by atoms with Gasteiger partial charge in [0, 0.05) is 11.1 Å². The van der Waals surface area contributed by atoms with E-state index in [-0.39, 0.29) is 5.84 Å². The molecule has 1 aromatic rings. The van der Waals surface area contributed by atoms with Crippen molar-refractivity contribution >= 4 is 17.2 Å². The summed E-state index contributed by atoms with van der Waals surface area (Å²) in [5.74, 6) is 0.194. The van der Waals surface area contributed by atoms with Crippen molar-refractivity contribution in [2.45, 2.75) is 13.3 Å². The fraction of sp³-hybridized carbons (Fsp3) is 0.333. The third-order valence-electron chi connectivity index (χ3n) is 1.13. The predicted molar refractivity (Wildman–Crippen MR) is 44.0 cm³/mol. The number of rotatable bonds is 2. The smallest absolute Gasteiger partial charge is 0.146 e. The second kappa shape index (κ2) is 3.34. The van der Waals surface area contributed by atoms with Gasteiger partial charge in [0.15, 0.2) is 0 Å². The van der Waals surface area contributed by atoms with E-state index in [1.165, 1.54) is 0 Å².